The number of amides is 1. The van der Waals surface area contributed by atoms with Crippen LogP contribution in [0.3, 0.4) is 0 Å². The van der Waals surface area contributed by atoms with Crippen molar-refractivity contribution >= 4 is 11.9 Å². The van der Waals surface area contributed by atoms with E-state index in [0.29, 0.717) is 45.9 Å². The minimum atomic E-state index is -0.970. The number of ether oxygens (including phenoxy) is 2. The largest absolute Gasteiger partial charge is 1.00 e. The lowest BCUT2D eigenvalue weighted by Crippen LogP contribution is -3.00. The van der Waals surface area contributed by atoms with Crippen molar-refractivity contribution in [3.05, 3.63) is 101 Å². The molecule has 2 bridgehead atoms. The average molecular weight is 601 g/mol. The number of fused-ring (bicyclic) bond motifs is 3. The predicted molar refractivity (Wildman–Crippen MR) is 138 cm³/mol. The Morgan fingerprint density at radius 2 is 1.54 bits per heavy atom. The summed E-state index contributed by atoms with van der Waals surface area (Å²) in [5.41, 5.74) is 1.46. The molecule has 0 aromatic heterocycles. The maximum atomic E-state index is 14.0. The van der Waals surface area contributed by atoms with Gasteiger partial charge in [0.15, 0.2) is 6.10 Å². The SMILES string of the molecule is COc1ccc(C(=O)C[N+]23CCC(CC2)C(NC(=O)OC(c2cccc(F)c2)c2cccc(F)c2)C3)cc1.[Br-]. The topological polar surface area (TPSA) is 64.6 Å². The van der Waals surface area contributed by atoms with E-state index in [4.69, 9.17) is 9.47 Å². The van der Waals surface area contributed by atoms with Crippen LogP contribution in [0.15, 0.2) is 72.8 Å². The second-order valence-corrected chi connectivity index (χ2v) is 10.3. The van der Waals surface area contributed by atoms with Crippen molar-refractivity contribution in [2.24, 2.45) is 5.92 Å². The highest BCUT2D eigenvalue weighted by atomic mass is 79.9. The van der Waals surface area contributed by atoms with Gasteiger partial charge < -0.3 is 36.3 Å². The van der Waals surface area contributed by atoms with Crippen LogP contribution in [-0.2, 0) is 4.74 Å². The molecule has 0 spiro atoms. The van der Waals surface area contributed by atoms with Gasteiger partial charge in [0.05, 0.1) is 32.8 Å². The summed E-state index contributed by atoms with van der Waals surface area (Å²) in [5, 5.41) is 3.01. The summed E-state index contributed by atoms with van der Waals surface area (Å²) in [4.78, 5) is 26.2. The Bertz CT molecular complexity index is 1270. The minimum absolute atomic E-state index is 0. The number of Topliss-reactive ketones (excluding diaryl/α,β-unsaturated/α-hetero) is 1. The van der Waals surface area contributed by atoms with Crippen LogP contribution in [0.4, 0.5) is 13.6 Å². The predicted octanol–water partition coefficient (Wildman–Crippen LogP) is 2.28. The summed E-state index contributed by atoms with van der Waals surface area (Å²) in [7, 11) is 1.59. The molecule has 3 aliphatic heterocycles. The zero-order valence-electron chi connectivity index (χ0n) is 21.6. The number of hydrogen-bond acceptors (Lipinski definition) is 4. The molecule has 3 aromatic carbocycles. The van der Waals surface area contributed by atoms with Crippen LogP contribution in [0.25, 0.3) is 0 Å². The number of piperidine rings is 3. The van der Waals surface area contributed by atoms with Gasteiger partial charge in [-0.15, -0.1) is 0 Å². The van der Waals surface area contributed by atoms with Crippen LogP contribution in [-0.4, -0.2) is 55.7 Å². The van der Waals surface area contributed by atoms with Crippen molar-refractivity contribution in [2.75, 3.05) is 33.3 Å². The number of benzene rings is 3. The van der Waals surface area contributed by atoms with E-state index in [1.54, 1.807) is 43.5 Å². The maximum absolute atomic E-state index is 14.0. The first-order valence-electron chi connectivity index (χ1n) is 12.8. The number of alkyl carbamates (subject to hydrolysis) is 1. The van der Waals surface area contributed by atoms with E-state index in [9.17, 15) is 18.4 Å². The van der Waals surface area contributed by atoms with E-state index in [1.165, 1.54) is 36.4 Å². The van der Waals surface area contributed by atoms with Gasteiger partial charge in [0, 0.05) is 18.4 Å². The quantitative estimate of drug-likeness (QED) is 0.318. The van der Waals surface area contributed by atoms with Crippen LogP contribution in [0.1, 0.15) is 40.4 Å². The Balaban J connectivity index is 0.00000353. The summed E-state index contributed by atoms with van der Waals surface area (Å²) in [6, 6.07) is 18.5. The van der Waals surface area contributed by atoms with Crippen molar-refractivity contribution in [1.29, 1.82) is 0 Å². The molecule has 3 saturated heterocycles. The van der Waals surface area contributed by atoms with Crippen LogP contribution < -0.4 is 27.0 Å². The molecule has 3 aliphatic rings. The highest BCUT2D eigenvalue weighted by Gasteiger charge is 2.47. The van der Waals surface area contributed by atoms with E-state index in [2.05, 4.69) is 5.32 Å². The van der Waals surface area contributed by atoms with Gasteiger partial charge in [0.1, 0.15) is 23.9 Å². The monoisotopic (exact) mass is 600 g/mol. The normalized spacial score (nSPS) is 21.6. The molecule has 6 nitrogen and oxygen atoms in total. The van der Waals surface area contributed by atoms with E-state index in [1.807, 2.05) is 0 Å². The third kappa shape index (κ3) is 6.65. The van der Waals surface area contributed by atoms with Gasteiger partial charge in [0.25, 0.3) is 0 Å². The third-order valence-electron chi connectivity index (χ3n) is 7.82. The molecule has 1 unspecified atom stereocenters. The number of quaternary nitrogens is 1. The summed E-state index contributed by atoms with van der Waals surface area (Å²) in [5.74, 6) is 0.105. The van der Waals surface area contributed by atoms with Gasteiger partial charge in [-0.2, -0.15) is 0 Å². The third-order valence-corrected chi connectivity index (χ3v) is 7.82. The fourth-order valence-electron chi connectivity index (χ4n) is 5.81. The van der Waals surface area contributed by atoms with Gasteiger partial charge in [-0.3, -0.25) is 4.79 Å². The first kappa shape index (κ1) is 28.7. The molecule has 0 radical (unpaired) electrons. The second-order valence-electron chi connectivity index (χ2n) is 10.3. The number of carbonyl (C=O) groups is 2. The number of ketones is 1. The first-order chi connectivity index (χ1) is 18.3. The van der Waals surface area contributed by atoms with Gasteiger partial charge in [-0.25, -0.2) is 13.6 Å². The fourth-order valence-corrected chi connectivity index (χ4v) is 5.81. The molecule has 9 heteroatoms. The van der Waals surface area contributed by atoms with Crippen molar-refractivity contribution in [1.82, 2.24) is 5.32 Å². The van der Waals surface area contributed by atoms with Crippen molar-refractivity contribution in [3.8, 4) is 5.75 Å². The Morgan fingerprint density at radius 1 is 0.949 bits per heavy atom. The number of methoxy groups -OCH3 is 1. The van der Waals surface area contributed by atoms with E-state index < -0.39 is 23.8 Å². The number of nitrogens with zero attached hydrogens (tertiary/aromatic N) is 1. The molecule has 3 fully saturated rings. The summed E-state index contributed by atoms with van der Waals surface area (Å²) >= 11 is 0. The Kier molecular flexibility index (Phi) is 9.02. The Morgan fingerprint density at radius 3 is 2.08 bits per heavy atom. The lowest BCUT2D eigenvalue weighted by molar-refractivity contribution is -0.936. The standard InChI is InChI=1S/C30H30F2N2O4.BrH/c1-37-26-10-8-21(9-11-26)28(35)19-34-14-12-20(13-15-34)27(18-34)33-30(36)38-29(22-4-2-6-24(31)16-22)23-5-3-7-25(32)17-23;/h2-11,16-17,20,27,29H,12-15,18-19H2,1H3;1H. The molecule has 3 heterocycles. The van der Waals surface area contributed by atoms with Crippen molar-refractivity contribution in [3.63, 3.8) is 0 Å². The van der Waals surface area contributed by atoms with E-state index >= 15 is 0 Å². The van der Waals surface area contributed by atoms with Crippen LogP contribution in [0, 0.1) is 17.6 Å². The highest BCUT2D eigenvalue weighted by molar-refractivity contribution is 5.97. The fraction of sp³-hybridized carbons (Fsp3) is 0.333. The molecule has 1 N–H and O–H groups in total. The Hall–Kier alpha value is -3.30. The van der Waals surface area contributed by atoms with Gasteiger partial charge in [0.2, 0.25) is 5.78 Å². The number of carbonyl (C=O) groups excluding carboxylic acids is 2. The average Bonchev–Trinajstić information content (AvgIpc) is 2.92. The molecule has 0 saturated carbocycles. The van der Waals surface area contributed by atoms with Gasteiger partial charge in [-0.05, 0) is 65.6 Å². The van der Waals surface area contributed by atoms with Gasteiger partial charge >= 0.3 is 6.09 Å². The molecule has 0 aliphatic carbocycles. The number of halogens is 3. The zero-order valence-corrected chi connectivity index (χ0v) is 23.2. The van der Waals surface area contributed by atoms with Crippen molar-refractivity contribution < 1.29 is 49.3 Å². The lowest BCUT2D eigenvalue weighted by Gasteiger charge is -2.52. The van der Waals surface area contributed by atoms with E-state index in [0.717, 1.165) is 25.9 Å². The summed E-state index contributed by atoms with van der Waals surface area (Å²) in [6.07, 6.45) is 0.181. The maximum Gasteiger partial charge on any atom is 0.408 e. The number of rotatable bonds is 8. The van der Waals surface area contributed by atoms with Crippen molar-refractivity contribution in [2.45, 2.75) is 25.0 Å². The summed E-state index contributed by atoms with van der Waals surface area (Å²) < 4.78 is 39.5. The molecular weight excluding hydrogens is 570 g/mol. The van der Waals surface area contributed by atoms with E-state index in [-0.39, 0.29) is 28.8 Å². The molecule has 1 amide bonds. The van der Waals surface area contributed by atoms with Crippen LogP contribution in [0.2, 0.25) is 0 Å². The second kappa shape index (κ2) is 12.3. The van der Waals surface area contributed by atoms with Crippen LogP contribution in [0.5, 0.6) is 5.75 Å². The molecule has 1 atom stereocenters. The van der Waals surface area contributed by atoms with Crippen LogP contribution >= 0.6 is 0 Å². The highest BCUT2D eigenvalue weighted by Crippen LogP contribution is 2.35. The molecule has 206 valence electrons. The molecule has 3 aromatic rings. The zero-order chi connectivity index (χ0) is 26.7. The first-order valence-corrected chi connectivity index (χ1v) is 12.8. The molecular formula is C30H31BrF2N2O4. The lowest BCUT2D eigenvalue weighted by atomic mass is 9.81. The summed E-state index contributed by atoms with van der Waals surface area (Å²) in [6.45, 7) is 2.76. The minimum Gasteiger partial charge on any atom is -1.00 e. The molecule has 39 heavy (non-hydrogen) atoms. The van der Waals surface area contributed by atoms with Gasteiger partial charge in [-0.1, -0.05) is 24.3 Å². The molecule has 6 rings (SSSR count). The number of hydrogen-bond donors (Lipinski definition) is 1. The Labute approximate surface area is 237 Å². The smallest absolute Gasteiger partial charge is 0.408 e. The number of nitrogens with one attached hydrogen (secondary N) is 1.